The van der Waals surface area contributed by atoms with E-state index < -0.39 is 5.89 Å². The van der Waals surface area contributed by atoms with E-state index in [1.54, 1.807) is 0 Å². The Balaban J connectivity index is 0.00000544. The summed E-state index contributed by atoms with van der Waals surface area (Å²) in [5.41, 5.74) is 16.0. The zero-order valence-corrected chi connectivity index (χ0v) is 38.2. The Kier molecular flexibility index (Phi) is 11.9. The molecule has 0 amide bonds. The average molecular weight is 989 g/mol. The van der Waals surface area contributed by atoms with Crippen molar-refractivity contribution in [2.75, 3.05) is 0 Å². The van der Waals surface area contributed by atoms with Crippen molar-refractivity contribution < 1.29 is 27.5 Å². The summed E-state index contributed by atoms with van der Waals surface area (Å²) in [6, 6.07) is 60.3. The van der Waals surface area contributed by atoms with E-state index in [1.807, 2.05) is 56.4 Å². The maximum absolute atomic E-state index is 12.2. The van der Waals surface area contributed by atoms with Gasteiger partial charge in [0.25, 0.3) is 0 Å². The summed E-state index contributed by atoms with van der Waals surface area (Å²) in [5.74, 6) is 0.261. The first-order valence-corrected chi connectivity index (χ1v) is 21.2. The molecule has 2 aromatic heterocycles. The number of hydrogen-bond acceptors (Lipinski definition) is 3. The van der Waals surface area contributed by atoms with Gasteiger partial charge in [0, 0.05) is 40.0 Å². The smallest absolute Gasteiger partial charge is 0.148 e. The van der Waals surface area contributed by atoms with E-state index in [4.69, 9.17) is 9.97 Å². The van der Waals surface area contributed by atoms with Crippen LogP contribution in [0.5, 0.6) is 5.75 Å². The fourth-order valence-corrected chi connectivity index (χ4v) is 8.38. The van der Waals surface area contributed by atoms with Gasteiger partial charge < -0.3 is 5.11 Å². The molecule has 0 radical (unpaired) electrons. The summed E-state index contributed by atoms with van der Waals surface area (Å²) in [6.45, 7) is 12.5. The summed E-state index contributed by atoms with van der Waals surface area (Å²) in [6.07, 6.45) is 1.87. The fourth-order valence-electron chi connectivity index (χ4n) is 8.38. The van der Waals surface area contributed by atoms with Crippen LogP contribution in [0.3, 0.4) is 0 Å². The van der Waals surface area contributed by atoms with Crippen LogP contribution in [0.15, 0.2) is 170 Å². The monoisotopic (exact) mass is 988 g/mol. The van der Waals surface area contributed by atoms with E-state index in [0.29, 0.717) is 11.4 Å². The van der Waals surface area contributed by atoms with Crippen molar-refractivity contribution in [3.05, 3.63) is 193 Å². The van der Waals surface area contributed by atoms with Crippen LogP contribution in [0, 0.1) is 6.07 Å². The number of hydrogen-bond donors (Lipinski definition) is 1. The molecule has 4 nitrogen and oxygen atoms in total. The van der Waals surface area contributed by atoms with Gasteiger partial charge in [0.15, 0.2) is 0 Å². The molecule has 0 aliphatic carbocycles. The number of rotatable bonds is 10. The first-order chi connectivity index (χ1) is 29.9. The Hall–Kier alpha value is -6.35. The maximum Gasteiger partial charge on any atom is 0.148 e. The summed E-state index contributed by atoms with van der Waals surface area (Å²) in [5, 5.41) is 12.2. The van der Waals surface area contributed by atoms with Crippen LogP contribution in [0.25, 0.3) is 83.9 Å². The van der Waals surface area contributed by atoms with Crippen molar-refractivity contribution in [2.45, 2.75) is 59.3 Å². The van der Waals surface area contributed by atoms with E-state index in [9.17, 15) is 6.48 Å². The van der Waals surface area contributed by atoms with Crippen LogP contribution < -0.4 is 0 Å². The summed E-state index contributed by atoms with van der Waals surface area (Å²) in [7, 11) is 0. The van der Waals surface area contributed by atoms with Gasteiger partial charge >= 0.3 is 0 Å². The van der Waals surface area contributed by atoms with Gasteiger partial charge in [-0.3, -0.25) is 9.55 Å². The van der Waals surface area contributed by atoms with Crippen molar-refractivity contribution in [3.63, 3.8) is 0 Å². The van der Waals surface area contributed by atoms with Crippen LogP contribution >= 0.6 is 0 Å². The van der Waals surface area contributed by atoms with Crippen LogP contribution in [0.1, 0.15) is 77.3 Å². The normalized spacial score (nSPS) is 11.8. The number of aromatic hydroxyl groups is 1. The molecule has 0 unspecified atom stereocenters. The van der Waals surface area contributed by atoms with E-state index in [2.05, 4.69) is 166 Å². The van der Waals surface area contributed by atoms with Crippen LogP contribution in [-0.4, -0.2) is 19.6 Å². The molecule has 0 aliphatic rings. The number of phenols is 1. The third kappa shape index (κ3) is 8.20. The quantitative estimate of drug-likeness (QED) is 0.139. The second-order valence-electron chi connectivity index (χ2n) is 16.7. The number of aromatic nitrogens is 3. The molecule has 0 atom stereocenters. The predicted octanol–water partition coefficient (Wildman–Crippen LogP) is 15.3. The molecule has 9 aromatic rings. The number of benzene rings is 7. The fraction of sp³-hybridized carbons (Fsp3) is 0.158. The molecular weight excluding hydrogens is 938 g/mol. The SMILES string of the molecule is [2H]C(C)(C)c1cc(-n2c(-c3cc(C(C)C)cc(C(C)C)c3O)nc3c(-c4[c-]c(-c5cc(-c6ccccc6)ccn5)cc(-c5ccccc5)c4)cccc32)ccc1-c1ccccc1.[Pt]. The molecular formula is C57H50N3OPt-. The van der Waals surface area contributed by atoms with Gasteiger partial charge in [0.1, 0.15) is 11.6 Å². The zero-order valence-electron chi connectivity index (χ0n) is 36.9. The van der Waals surface area contributed by atoms with Gasteiger partial charge in [0.05, 0.1) is 16.6 Å². The summed E-state index contributed by atoms with van der Waals surface area (Å²) >= 11 is 0. The largest absolute Gasteiger partial charge is 0.507 e. The van der Waals surface area contributed by atoms with Gasteiger partial charge in [0.2, 0.25) is 0 Å². The van der Waals surface area contributed by atoms with Crippen molar-refractivity contribution >= 4 is 11.0 Å². The van der Waals surface area contributed by atoms with E-state index in [1.165, 1.54) is 0 Å². The van der Waals surface area contributed by atoms with Crippen LogP contribution in [0.4, 0.5) is 0 Å². The van der Waals surface area contributed by atoms with Gasteiger partial charge in [-0.15, -0.1) is 23.8 Å². The van der Waals surface area contributed by atoms with Crippen molar-refractivity contribution in [1.29, 1.82) is 0 Å². The molecule has 7 aromatic carbocycles. The number of pyridine rings is 1. The van der Waals surface area contributed by atoms with Gasteiger partial charge in [-0.25, -0.2) is 4.98 Å². The number of nitrogens with zero attached hydrogens (tertiary/aromatic N) is 3. The van der Waals surface area contributed by atoms with E-state index in [-0.39, 0.29) is 38.7 Å². The Bertz CT molecular complexity index is 3060. The second kappa shape index (κ2) is 17.9. The molecule has 0 saturated carbocycles. The first-order valence-electron chi connectivity index (χ1n) is 21.7. The maximum atomic E-state index is 12.2. The Morgan fingerprint density at radius 1 is 0.548 bits per heavy atom. The van der Waals surface area contributed by atoms with Crippen molar-refractivity contribution in [2.24, 2.45) is 0 Å². The molecule has 9 rings (SSSR count). The number of imidazole rings is 1. The number of phenolic OH excluding ortho intramolecular Hbond substituents is 1. The minimum atomic E-state index is -0.914. The molecule has 0 saturated heterocycles. The minimum absolute atomic E-state index is 0. The van der Waals surface area contributed by atoms with Gasteiger partial charge in [-0.2, -0.15) is 0 Å². The molecule has 0 bridgehead atoms. The van der Waals surface area contributed by atoms with Crippen molar-refractivity contribution in [3.8, 4) is 78.6 Å². The van der Waals surface area contributed by atoms with Gasteiger partial charge in [-0.05, 0) is 92.6 Å². The molecule has 0 fully saturated rings. The van der Waals surface area contributed by atoms with Gasteiger partial charge in [-0.1, -0.05) is 180 Å². The molecule has 5 heteroatoms. The van der Waals surface area contributed by atoms with Crippen molar-refractivity contribution in [1.82, 2.24) is 14.5 Å². The Morgan fingerprint density at radius 2 is 1.19 bits per heavy atom. The second-order valence-corrected chi connectivity index (χ2v) is 16.7. The molecule has 2 heterocycles. The van der Waals surface area contributed by atoms with Crippen LogP contribution in [0.2, 0.25) is 0 Å². The van der Waals surface area contributed by atoms with E-state index in [0.717, 1.165) is 89.2 Å². The third-order valence-corrected chi connectivity index (χ3v) is 11.7. The number of para-hydroxylation sites is 1. The molecule has 1 N–H and O–H groups in total. The van der Waals surface area contributed by atoms with E-state index >= 15 is 0 Å². The Morgan fingerprint density at radius 3 is 1.84 bits per heavy atom. The molecule has 62 heavy (non-hydrogen) atoms. The summed E-state index contributed by atoms with van der Waals surface area (Å²) < 4.78 is 11.5. The standard InChI is InChI=1S/C57H50N3O.Pt/c1-36(2)43-32-51(38(5)6)56(61)52(33-43)57-59-55-49(23-16-24-54(55)60(57)47-25-26-48(50(35-47)37(3)4)41-21-14-9-15-22-41)45-29-44(40-19-12-8-13-20-40)30-46(31-45)53-34-42(27-28-58-53)39-17-10-7-11-18-39;/h7-30,32-38,61H,1-6H3;/q-1;/i37D;. The topological polar surface area (TPSA) is 50.9 Å². The Labute approximate surface area is 381 Å². The minimum Gasteiger partial charge on any atom is -0.507 e. The molecule has 310 valence electrons. The van der Waals surface area contributed by atoms with Crippen LogP contribution in [-0.2, 0) is 21.1 Å². The molecule has 0 aliphatic heterocycles. The molecule has 0 spiro atoms. The predicted molar refractivity (Wildman–Crippen MR) is 254 cm³/mol. The first kappa shape index (κ1) is 41.0. The third-order valence-electron chi connectivity index (χ3n) is 11.7. The average Bonchev–Trinajstić information content (AvgIpc) is 3.69. The summed E-state index contributed by atoms with van der Waals surface area (Å²) in [4.78, 5) is 10.4. The zero-order chi connectivity index (χ0) is 43.1. The number of fused-ring (bicyclic) bond motifs is 1.